The topological polar surface area (TPSA) is 59.0 Å². The van der Waals surface area contributed by atoms with E-state index in [1.807, 2.05) is 18.2 Å². The van der Waals surface area contributed by atoms with Gasteiger partial charge in [-0.15, -0.1) is 0 Å². The quantitative estimate of drug-likeness (QED) is 0.871. The van der Waals surface area contributed by atoms with Gasteiger partial charge in [0.15, 0.2) is 11.5 Å². The summed E-state index contributed by atoms with van der Waals surface area (Å²) < 4.78 is 10.5. The Bertz CT molecular complexity index is 503. The zero-order chi connectivity index (χ0) is 15.4. The molecular weight excluding hydrogens is 270 g/mol. The van der Waals surface area contributed by atoms with Gasteiger partial charge >= 0.3 is 5.97 Å². The van der Waals surface area contributed by atoms with Crippen molar-refractivity contribution in [1.29, 1.82) is 0 Å². The number of benzene rings is 1. The van der Waals surface area contributed by atoms with E-state index < -0.39 is 5.97 Å². The van der Waals surface area contributed by atoms with Crippen LogP contribution >= 0.6 is 0 Å². The fourth-order valence-corrected chi connectivity index (χ4v) is 3.05. The second-order valence-corrected chi connectivity index (χ2v) is 5.48. The van der Waals surface area contributed by atoms with E-state index in [1.165, 1.54) is 0 Å². The minimum absolute atomic E-state index is 0.187. The highest BCUT2D eigenvalue weighted by molar-refractivity contribution is 5.73. The lowest BCUT2D eigenvalue weighted by atomic mass is 10.0. The molecule has 5 nitrogen and oxygen atoms in total. The lowest BCUT2D eigenvalue weighted by molar-refractivity contribution is -0.142. The van der Waals surface area contributed by atoms with E-state index in [4.69, 9.17) is 9.47 Å². The monoisotopic (exact) mass is 293 g/mol. The van der Waals surface area contributed by atoms with E-state index in [0.29, 0.717) is 11.5 Å². The summed E-state index contributed by atoms with van der Waals surface area (Å²) in [7, 11) is 3.23. The Morgan fingerprint density at radius 3 is 2.71 bits per heavy atom. The Morgan fingerprint density at radius 2 is 2.10 bits per heavy atom. The molecule has 1 N–H and O–H groups in total. The van der Waals surface area contributed by atoms with Crippen molar-refractivity contribution < 1.29 is 19.4 Å². The predicted molar refractivity (Wildman–Crippen MR) is 80.1 cm³/mol. The normalized spacial score (nSPS) is 20.2. The van der Waals surface area contributed by atoms with Crippen LogP contribution in [-0.2, 0) is 11.2 Å². The molecule has 0 bridgehead atoms. The zero-order valence-electron chi connectivity index (χ0n) is 12.8. The maximum absolute atomic E-state index is 11.3. The molecule has 1 aromatic rings. The summed E-state index contributed by atoms with van der Waals surface area (Å²) in [6, 6.07) is 5.69. The van der Waals surface area contributed by atoms with Crippen molar-refractivity contribution in [3.05, 3.63) is 23.8 Å². The fraction of sp³-hybridized carbons (Fsp3) is 0.562. The number of hydrogen-bond acceptors (Lipinski definition) is 4. The molecule has 1 saturated heterocycles. The number of carboxylic acid groups (broad SMARTS) is 1. The number of nitrogens with zero attached hydrogens (tertiary/aromatic N) is 1. The van der Waals surface area contributed by atoms with Gasteiger partial charge in [0, 0.05) is 6.04 Å². The van der Waals surface area contributed by atoms with Gasteiger partial charge in [-0.3, -0.25) is 9.69 Å². The molecule has 0 amide bonds. The molecule has 2 atom stereocenters. The maximum Gasteiger partial charge on any atom is 0.320 e. The van der Waals surface area contributed by atoms with E-state index >= 15 is 0 Å². The molecule has 2 rings (SSSR count). The molecule has 0 radical (unpaired) electrons. The first-order chi connectivity index (χ1) is 10.1. The van der Waals surface area contributed by atoms with Gasteiger partial charge in [-0.2, -0.15) is 0 Å². The van der Waals surface area contributed by atoms with Crippen molar-refractivity contribution in [1.82, 2.24) is 4.90 Å². The first-order valence-electron chi connectivity index (χ1n) is 7.26. The zero-order valence-corrected chi connectivity index (χ0v) is 12.8. The number of likely N-dealkylation sites (tertiary alicyclic amines) is 1. The van der Waals surface area contributed by atoms with E-state index in [0.717, 1.165) is 31.4 Å². The first-order valence-corrected chi connectivity index (χ1v) is 7.26. The molecule has 1 aliphatic heterocycles. The summed E-state index contributed by atoms with van der Waals surface area (Å²) in [5.74, 6) is 0.698. The third kappa shape index (κ3) is 3.47. The Labute approximate surface area is 125 Å². The van der Waals surface area contributed by atoms with Gasteiger partial charge in [0.05, 0.1) is 14.2 Å². The van der Waals surface area contributed by atoms with Gasteiger partial charge in [-0.25, -0.2) is 0 Å². The smallest absolute Gasteiger partial charge is 0.320 e. The molecule has 116 valence electrons. The number of methoxy groups -OCH3 is 2. The lowest BCUT2D eigenvalue weighted by Crippen LogP contribution is -2.42. The van der Waals surface area contributed by atoms with Crippen molar-refractivity contribution >= 4 is 5.97 Å². The summed E-state index contributed by atoms with van der Waals surface area (Å²) in [5, 5.41) is 9.27. The van der Waals surface area contributed by atoms with Crippen LogP contribution in [0.2, 0.25) is 0 Å². The fourth-order valence-electron chi connectivity index (χ4n) is 3.05. The minimum Gasteiger partial charge on any atom is -0.493 e. The third-order valence-corrected chi connectivity index (χ3v) is 4.12. The number of carboxylic acids is 1. The minimum atomic E-state index is -0.716. The number of ether oxygens (including phenoxy) is 2. The van der Waals surface area contributed by atoms with Crippen LogP contribution in [0.4, 0.5) is 0 Å². The maximum atomic E-state index is 11.3. The van der Waals surface area contributed by atoms with Crippen molar-refractivity contribution in [2.45, 2.75) is 38.3 Å². The number of hydrogen-bond donors (Lipinski definition) is 1. The Hall–Kier alpha value is -1.75. The van der Waals surface area contributed by atoms with E-state index in [1.54, 1.807) is 14.2 Å². The van der Waals surface area contributed by atoms with E-state index in [-0.39, 0.29) is 12.1 Å². The Balaban J connectivity index is 2.08. The molecule has 1 aromatic carbocycles. The average Bonchev–Trinajstić information content (AvgIpc) is 2.96. The molecule has 5 heteroatoms. The second kappa shape index (κ2) is 6.80. The average molecular weight is 293 g/mol. The van der Waals surface area contributed by atoms with Crippen LogP contribution < -0.4 is 9.47 Å². The van der Waals surface area contributed by atoms with Gasteiger partial charge in [0.2, 0.25) is 0 Å². The highest BCUT2D eigenvalue weighted by Gasteiger charge is 2.33. The van der Waals surface area contributed by atoms with Gasteiger partial charge in [0.25, 0.3) is 0 Å². The SMILES string of the molecule is COc1ccc(CC(C)N2CCCC2C(=O)O)cc1OC. The summed E-state index contributed by atoms with van der Waals surface area (Å²) >= 11 is 0. The van der Waals surface area contributed by atoms with Crippen LogP contribution in [0.25, 0.3) is 0 Å². The second-order valence-electron chi connectivity index (χ2n) is 5.48. The third-order valence-electron chi connectivity index (χ3n) is 4.12. The van der Waals surface area contributed by atoms with Crippen LogP contribution in [0.1, 0.15) is 25.3 Å². The van der Waals surface area contributed by atoms with Crippen LogP contribution in [0.3, 0.4) is 0 Å². The van der Waals surface area contributed by atoms with Gasteiger partial charge < -0.3 is 14.6 Å². The lowest BCUT2D eigenvalue weighted by Gasteiger charge is -2.28. The summed E-state index contributed by atoms with van der Waals surface area (Å²) in [6.07, 6.45) is 2.49. The van der Waals surface area contributed by atoms with Crippen LogP contribution in [-0.4, -0.2) is 48.8 Å². The summed E-state index contributed by atoms with van der Waals surface area (Å²) in [5.41, 5.74) is 1.12. The molecule has 0 spiro atoms. The Kier molecular flexibility index (Phi) is 5.07. The molecular formula is C16H23NO4. The standard InChI is InChI=1S/C16H23NO4/c1-11(17-8-4-5-13(17)16(18)19)9-12-6-7-14(20-2)15(10-12)21-3/h6-7,10-11,13H,4-5,8-9H2,1-3H3,(H,18,19). The van der Waals surface area contributed by atoms with Crippen LogP contribution in [0, 0.1) is 0 Å². The molecule has 0 saturated carbocycles. The summed E-state index contributed by atoms with van der Waals surface area (Å²) in [4.78, 5) is 13.4. The highest BCUT2D eigenvalue weighted by atomic mass is 16.5. The molecule has 1 aliphatic rings. The summed E-state index contributed by atoms with van der Waals surface area (Å²) in [6.45, 7) is 2.93. The molecule has 2 unspecified atom stereocenters. The van der Waals surface area contributed by atoms with Crippen molar-refractivity contribution in [3.63, 3.8) is 0 Å². The van der Waals surface area contributed by atoms with Crippen LogP contribution in [0.15, 0.2) is 18.2 Å². The first kappa shape index (κ1) is 15.6. The largest absolute Gasteiger partial charge is 0.493 e. The van der Waals surface area contributed by atoms with Crippen LogP contribution in [0.5, 0.6) is 11.5 Å². The Morgan fingerprint density at radius 1 is 1.38 bits per heavy atom. The molecule has 1 fully saturated rings. The van der Waals surface area contributed by atoms with Crippen molar-refractivity contribution in [2.75, 3.05) is 20.8 Å². The number of carbonyl (C=O) groups is 1. The molecule has 0 aromatic heterocycles. The number of rotatable bonds is 6. The van der Waals surface area contributed by atoms with Gasteiger partial charge in [-0.1, -0.05) is 6.07 Å². The predicted octanol–water partition coefficient (Wildman–Crippen LogP) is 2.18. The highest BCUT2D eigenvalue weighted by Crippen LogP contribution is 2.29. The molecule has 1 heterocycles. The molecule has 21 heavy (non-hydrogen) atoms. The number of aliphatic carboxylic acids is 1. The van der Waals surface area contributed by atoms with Crippen molar-refractivity contribution in [2.24, 2.45) is 0 Å². The van der Waals surface area contributed by atoms with Gasteiger partial charge in [-0.05, 0) is 50.4 Å². The van der Waals surface area contributed by atoms with E-state index in [9.17, 15) is 9.90 Å². The van der Waals surface area contributed by atoms with E-state index in [2.05, 4.69) is 11.8 Å². The van der Waals surface area contributed by atoms with Gasteiger partial charge in [0.1, 0.15) is 6.04 Å². The van der Waals surface area contributed by atoms with Crippen molar-refractivity contribution in [3.8, 4) is 11.5 Å². The molecule has 0 aliphatic carbocycles.